The van der Waals surface area contributed by atoms with Crippen LogP contribution in [0.2, 0.25) is 0 Å². The number of amides is 1. The second-order valence-corrected chi connectivity index (χ2v) is 7.62. The number of hydrogen-bond donors (Lipinski definition) is 2. The fourth-order valence-corrected chi connectivity index (χ4v) is 3.64. The van der Waals surface area contributed by atoms with Gasteiger partial charge in [0.25, 0.3) is 11.8 Å². The number of benzene rings is 1. The van der Waals surface area contributed by atoms with Crippen molar-refractivity contribution in [3.05, 3.63) is 60.9 Å². The van der Waals surface area contributed by atoms with Gasteiger partial charge in [-0.2, -0.15) is 5.10 Å². The van der Waals surface area contributed by atoms with Gasteiger partial charge >= 0.3 is 0 Å². The zero-order chi connectivity index (χ0) is 24.6. The van der Waals surface area contributed by atoms with E-state index in [0.29, 0.717) is 27.9 Å². The molecule has 14 heteroatoms. The van der Waals surface area contributed by atoms with Gasteiger partial charge in [0, 0.05) is 30.6 Å². The van der Waals surface area contributed by atoms with Crippen molar-refractivity contribution in [2.24, 2.45) is 7.05 Å². The van der Waals surface area contributed by atoms with Gasteiger partial charge < -0.3 is 14.6 Å². The summed E-state index contributed by atoms with van der Waals surface area (Å²) in [6.45, 7) is 0. The number of fused-ring (bicyclic) bond motifs is 2. The van der Waals surface area contributed by atoms with E-state index in [1.165, 1.54) is 12.4 Å². The van der Waals surface area contributed by atoms with Crippen molar-refractivity contribution in [1.29, 1.82) is 0 Å². The molecule has 1 aromatic carbocycles. The van der Waals surface area contributed by atoms with Crippen LogP contribution in [0.1, 0.15) is 10.5 Å². The van der Waals surface area contributed by atoms with Crippen molar-refractivity contribution >= 4 is 34.1 Å². The Bertz CT molecular complexity index is 1720. The first-order chi connectivity index (χ1) is 17.6. The third kappa shape index (κ3) is 3.71. The van der Waals surface area contributed by atoms with E-state index in [1.807, 2.05) is 25.4 Å². The summed E-state index contributed by atoms with van der Waals surface area (Å²) >= 11 is 0. The monoisotopic (exact) mass is 483 g/mol. The van der Waals surface area contributed by atoms with Crippen molar-refractivity contribution < 1.29 is 14.4 Å². The maximum absolute atomic E-state index is 12.8. The Labute approximate surface area is 201 Å². The first-order valence-corrected chi connectivity index (χ1v) is 10.6. The highest BCUT2D eigenvalue weighted by molar-refractivity contribution is 6.03. The number of H-pyrrole nitrogens is 1. The molecule has 0 fully saturated rings. The van der Waals surface area contributed by atoms with E-state index in [-0.39, 0.29) is 17.5 Å². The van der Waals surface area contributed by atoms with Gasteiger partial charge in [0.2, 0.25) is 11.6 Å². The molecule has 6 rings (SSSR count). The maximum atomic E-state index is 12.8. The number of rotatable bonds is 6. The molecule has 0 spiro atoms. The van der Waals surface area contributed by atoms with E-state index < -0.39 is 5.91 Å². The summed E-state index contributed by atoms with van der Waals surface area (Å²) in [5.41, 5.74) is 4.03. The van der Waals surface area contributed by atoms with Gasteiger partial charge in [-0.15, -0.1) is 5.10 Å². The van der Waals surface area contributed by atoms with E-state index in [1.54, 1.807) is 36.3 Å². The lowest BCUT2D eigenvalue weighted by Gasteiger charge is -2.04. The molecule has 0 atom stereocenters. The van der Waals surface area contributed by atoms with E-state index in [0.717, 1.165) is 16.0 Å². The summed E-state index contributed by atoms with van der Waals surface area (Å²) in [6, 6.07) is 7.21. The fraction of sp³-hybridized carbons (Fsp3) is 0.0909. The molecule has 0 unspecified atom stereocenters. The number of ether oxygens (including phenoxy) is 1. The van der Waals surface area contributed by atoms with Crippen molar-refractivity contribution in [3.8, 4) is 22.8 Å². The standard InChI is InChI=1S/C22H17N11O3/c1-32-11-12(8-26-32)13-5-6-16(35-2)19-18(13)27-22(28-19)29-21(34)15-9-25-17(10-24-15)36-33-20-14(30-31-33)4-3-7-23-20/h3-11H,1-2H3,(H2,27,28,29,34). The molecule has 2 N–H and O–H groups in total. The van der Waals surface area contributed by atoms with Crippen molar-refractivity contribution in [1.82, 2.24) is 49.9 Å². The number of aryl methyl sites for hydroxylation is 1. The largest absolute Gasteiger partial charge is 0.494 e. The Morgan fingerprint density at radius 1 is 1.11 bits per heavy atom. The molecule has 5 heterocycles. The van der Waals surface area contributed by atoms with Crippen LogP contribution >= 0.6 is 0 Å². The van der Waals surface area contributed by atoms with E-state index >= 15 is 0 Å². The first-order valence-electron chi connectivity index (χ1n) is 10.6. The number of methoxy groups -OCH3 is 1. The Balaban J connectivity index is 1.23. The van der Waals surface area contributed by atoms with Gasteiger partial charge in [0.1, 0.15) is 28.0 Å². The van der Waals surface area contributed by atoms with Crippen LogP contribution in [-0.4, -0.2) is 62.9 Å². The molecule has 178 valence electrons. The smallest absolute Gasteiger partial charge is 0.278 e. The molecule has 0 bridgehead atoms. The number of nitrogens with zero attached hydrogens (tertiary/aromatic N) is 9. The third-order valence-corrected chi connectivity index (χ3v) is 5.30. The SMILES string of the molecule is COc1ccc(-c2cnn(C)c2)c2nc(NC(=O)c3cnc(On4nnc5cccnc54)cn3)[nH]c12. The quantitative estimate of drug-likeness (QED) is 0.358. The molecule has 1 amide bonds. The van der Waals surface area contributed by atoms with Crippen molar-refractivity contribution in [2.45, 2.75) is 0 Å². The number of nitrogens with one attached hydrogen (secondary N) is 2. The summed E-state index contributed by atoms with van der Waals surface area (Å²) in [5.74, 6) is 0.412. The molecular formula is C22H17N11O3. The van der Waals surface area contributed by atoms with Gasteiger partial charge in [-0.05, 0) is 29.5 Å². The number of carbonyl (C=O) groups excluding carboxylic acids is 1. The Morgan fingerprint density at radius 3 is 2.81 bits per heavy atom. The molecule has 14 nitrogen and oxygen atoms in total. The predicted molar refractivity (Wildman–Crippen MR) is 126 cm³/mol. The third-order valence-electron chi connectivity index (χ3n) is 5.30. The lowest BCUT2D eigenvalue weighted by atomic mass is 10.1. The summed E-state index contributed by atoms with van der Waals surface area (Å²) < 4.78 is 7.16. The average Bonchev–Trinajstić information content (AvgIpc) is 3.62. The van der Waals surface area contributed by atoms with Crippen LogP contribution in [0.5, 0.6) is 11.6 Å². The highest BCUT2D eigenvalue weighted by Crippen LogP contribution is 2.33. The number of imidazole rings is 1. The molecule has 0 radical (unpaired) electrons. The van der Waals surface area contributed by atoms with Crippen LogP contribution in [0.25, 0.3) is 33.3 Å². The minimum atomic E-state index is -0.511. The zero-order valence-corrected chi connectivity index (χ0v) is 18.9. The topological polar surface area (TPSA) is 163 Å². The van der Waals surface area contributed by atoms with Crippen LogP contribution < -0.4 is 14.9 Å². The Kier molecular flexibility index (Phi) is 4.95. The van der Waals surface area contributed by atoms with Gasteiger partial charge in [-0.25, -0.2) is 19.9 Å². The summed E-state index contributed by atoms with van der Waals surface area (Å²) in [4.78, 5) is 39.6. The fourth-order valence-electron chi connectivity index (χ4n) is 3.64. The van der Waals surface area contributed by atoms with Crippen LogP contribution in [0.3, 0.4) is 0 Å². The van der Waals surface area contributed by atoms with Gasteiger partial charge in [0.15, 0.2) is 0 Å². The number of anilines is 1. The number of aromatic nitrogens is 10. The molecule has 36 heavy (non-hydrogen) atoms. The Hall–Kier alpha value is -5.40. The molecule has 0 saturated heterocycles. The van der Waals surface area contributed by atoms with Gasteiger partial charge in [0.05, 0.1) is 25.7 Å². The second kappa shape index (κ2) is 8.43. The average molecular weight is 483 g/mol. The predicted octanol–water partition coefficient (Wildman–Crippen LogP) is 2.00. The van der Waals surface area contributed by atoms with Crippen LogP contribution in [0.15, 0.2) is 55.2 Å². The molecule has 0 aliphatic carbocycles. The van der Waals surface area contributed by atoms with E-state index in [4.69, 9.17) is 9.57 Å². The minimum absolute atomic E-state index is 0.0591. The second-order valence-electron chi connectivity index (χ2n) is 7.62. The molecule has 0 saturated carbocycles. The molecule has 5 aromatic heterocycles. The maximum Gasteiger partial charge on any atom is 0.278 e. The van der Waals surface area contributed by atoms with Crippen LogP contribution in [0, 0.1) is 0 Å². The zero-order valence-electron chi connectivity index (χ0n) is 18.9. The summed E-state index contributed by atoms with van der Waals surface area (Å²) in [6.07, 6.45) is 7.80. The van der Waals surface area contributed by atoms with Crippen LogP contribution in [-0.2, 0) is 7.05 Å². The number of hydrogen-bond acceptors (Lipinski definition) is 10. The summed E-state index contributed by atoms with van der Waals surface area (Å²) in [7, 11) is 3.40. The van der Waals surface area contributed by atoms with Gasteiger partial charge in [-0.3, -0.25) is 14.8 Å². The molecule has 0 aliphatic rings. The highest BCUT2D eigenvalue weighted by atomic mass is 16.7. The summed E-state index contributed by atoms with van der Waals surface area (Å²) in [5, 5.41) is 14.8. The number of pyridine rings is 1. The normalized spacial score (nSPS) is 11.2. The first kappa shape index (κ1) is 21.2. The van der Waals surface area contributed by atoms with E-state index in [2.05, 4.69) is 45.6 Å². The molecule has 0 aliphatic heterocycles. The van der Waals surface area contributed by atoms with Crippen molar-refractivity contribution in [2.75, 3.05) is 12.4 Å². The van der Waals surface area contributed by atoms with Crippen LogP contribution in [0.4, 0.5) is 5.95 Å². The lowest BCUT2D eigenvalue weighted by Crippen LogP contribution is -2.16. The van der Waals surface area contributed by atoms with Crippen molar-refractivity contribution in [3.63, 3.8) is 0 Å². The number of aromatic amines is 1. The molecular weight excluding hydrogens is 466 g/mol. The Morgan fingerprint density at radius 2 is 2.03 bits per heavy atom. The van der Waals surface area contributed by atoms with Gasteiger partial charge in [-0.1, -0.05) is 4.85 Å². The number of carbonyl (C=O) groups is 1. The minimum Gasteiger partial charge on any atom is -0.494 e. The highest BCUT2D eigenvalue weighted by Gasteiger charge is 2.17. The van der Waals surface area contributed by atoms with E-state index in [9.17, 15) is 4.79 Å². The lowest BCUT2D eigenvalue weighted by molar-refractivity contribution is 0.102. The molecule has 6 aromatic rings.